The molecule has 2 aromatic carbocycles. The van der Waals surface area contributed by atoms with Crippen LogP contribution < -0.4 is 0 Å². The molecule has 1 unspecified atom stereocenters. The number of non-ortho nitro benzene ring substituents is 1. The van der Waals surface area contributed by atoms with Crippen LogP contribution in [0.5, 0.6) is 0 Å². The van der Waals surface area contributed by atoms with E-state index in [2.05, 4.69) is 4.98 Å². The molecule has 0 N–H and O–H groups in total. The van der Waals surface area contributed by atoms with E-state index in [1.165, 1.54) is 23.5 Å². The van der Waals surface area contributed by atoms with Gasteiger partial charge in [0.1, 0.15) is 9.88 Å². The molecule has 0 aliphatic carbocycles. The summed E-state index contributed by atoms with van der Waals surface area (Å²) in [6, 6.07) is 15.8. The van der Waals surface area contributed by atoms with E-state index < -0.39 is 4.92 Å². The molecule has 1 heterocycles. The van der Waals surface area contributed by atoms with Gasteiger partial charge in [0.25, 0.3) is 11.6 Å². The van der Waals surface area contributed by atoms with E-state index in [4.69, 9.17) is 0 Å². The number of hydrogen-bond acceptors (Lipinski definition) is 5. The van der Waals surface area contributed by atoms with Crippen molar-refractivity contribution in [3.05, 3.63) is 80.8 Å². The number of nitro benzene ring substituents is 1. The van der Waals surface area contributed by atoms with Crippen LogP contribution in [0.1, 0.15) is 33.9 Å². The minimum Gasteiger partial charge on any atom is -0.334 e. The van der Waals surface area contributed by atoms with Gasteiger partial charge in [-0.05, 0) is 19.4 Å². The molecule has 1 atom stereocenters. The molecule has 138 valence electrons. The third kappa shape index (κ3) is 3.88. The van der Waals surface area contributed by atoms with Gasteiger partial charge in [0, 0.05) is 24.7 Å². The van der Waals surface area contributed by atoms with Gasteiger partial charge in [0.2, 0.25) is 0 Å². The number of aryl methyl sites for hydroxylation is 1. The van der Waals surface area contributed by atoms with Crippen LogP contribution in [0.3, 0.4) is 0 Å². The fourth-order valence-corrected chi connectivity index (χ4v) is 3.81. The summed E-state index contributed by atoms with van der Waals surface area (Å²) < 4.78 is 0. The summed E-state index contributed by atoms with van der Waals surface area (Å²) in [6.07, 6.45) is 0. The number of nitro groups is 1. The molecule has 1 aromatic heterocycles. The SMILES string of the molecule is Cc1nc(-c2ccccc2)sc1C(=O)N(C)C(C)c1cccc([N+](=O)[O-])c1. The van der Waals surface area contributed by atoms with Gasteiger partial charge in [-0.25, -0.2) is 4.98 Å². The highest BCUT2D eigenvalue weighted by Gasteiger charge is 2.24. The van der Waals surface area contributed by atoms with Gasteiger partial charge in [-0.3, -0.25) is 14.9 Å². The van der Waals surface area contributed by atoms with Gasteiger partial charge >= 0.3 is 0 Å². The molecular weight excluding hydrogens is 362 g/mol. The standard InChI is InChI=1S/C20H19N3O3S/c1-13-18(27-19(21-13)15-8-5-4-6-9-15)20(24)22(3)14(2)16-10-7-11-17(12-16)23(25)26/h4-12,14H,1-3H3. The first kappa shape index (κ1) is 18.7. The van der Waals surface area contributed by atoms with E-state index in [0.29, 0.717) is 16.1 Å². The summed E-state index contributed by atoms with van der Waals surface area (Å²) in [4.78, 5) is 30.3. The van der Waals surface area contributed by atoms with Gasteiger partial charge in [0.05, 0.1) is 16.7 Å². The van der Waals surface area contributed by atoms with Crippen molar-refractivity contribution in [1.29, 1.82) is 0 Å². The first-order valence-corrected chi connectivity index (χ1v) is 9.24. The first-order chi connectivity index (χ1) is 12.9. The maximum absolute atomic E-state index is 13.0. The summed E-state index contributed by atoms with van der Waals surface area (Å²) >= 11 is 1.36. The topological polar surface area (TPSA) is 76.3 Å². The van der Waals surface area contributed by atoms with Crippen LogP contribution in [0.2, 0.25) is 0 Å². The van der Waals surface area contributed by atoms with E-state index in [-0.39, 0.29) is 17.6 Å². The molecule has 0 saturated heterocycles. The van der Waals surface area contributed by atoms with Crippen molar-refractivity contribution in [1.82, 2.24) is 9.88 Å². The third-order valence-electron chi connectivity index (χ3n) is 4.48. The Balaban J connectivity index is 1.86. The van der Waals surface area contributed by atoms with Gasteiger partial charge in [-0.15, -0.1) is 11.3 Å². The molecular formula is C20H19N3O3S. The van der Waals surface area contributed by atoms with Crippen molar-refractivity contribution in [3.8, 4) is 10.6 Å². The number of amides is 1. The van der Waals surface area contributed by atoms with E-state index >= 15 is 0 Å². The molecule has 0 aliphatic rings. The summed E-state index contributed by atoms with van der Waals surface area (Å²) in [5, 5.41) is 11.8. The van der Waals surface area contributed by atoms with Gasteiger partial charge in [0.15, 0.2) is 0 Å². The quantitative estimate of drug-likeness (QED) is 0.467. The third-order valence-corrected chi connectivity index (χ3v) is 5.67. The van der Waals surface area contributed by atoms with Gasteiger partial charge in [-0.2, -0.15) is 0 Å². The van der Waals surface area contributed by atoms with E-state index in [1.54, 1.807) is 24.1 Å². The molecule has 3 aromatic rings. The Morgan fingerprint density at radius 1 is 1.19 bits per heavy atom. The average molecular weight is 381 g/mol. The molecule has 7 heteroatoms. The Hall–Kier alpha value is -3.06. The minimum absolute atomic E-state index is 0.0144. The van der Waals surface area contributed by atoms with Crippen LogP contribution in [0.15, 0.2) is 54.6 Å². The van der Waals surface area contributed by atoms with Crippen LogP contribution in [-0.2, 0) is 0 Å². The molecule has 0 radical (unpaired) electrons. The maximum atomic E-state index is 13.0. The van der Waals surface area contributed by atoms with Crippen LogP contribution in [0.25, 0.3) is 10.6 Å². The van der Waals surface area contributed by atoms with Crippen LogP contribution in [0.4, 0.5) is 5.69 Å². The van der Waals surface area contributed by atoms with Crippen LogP contribution in [0, 0.1) is 17.0 Å². The predicted molar refractivity (Wildman–Crippen MR) is 106 cm³/mol. The first-order valence-electron chi connectivity index (χ1n) is 8.43. The zero-order valence-corrected chi connectivity index (χ0v) is 16.1. The number of benzene rings is 2. The fourth-order valence-electron chi connectivity index (χ4n) is 2.76. The van der Waals surface area contributed by atoms with Crippen LogP contribution in [-0.4, -0.2) is 27.8 Å². The number of rotatable bonds is 5. The van der Waals surface area contributed by atoms with Gasteiger partial charge in [-0.1, -0.05) is 42.5 Å². The van der Waals surface area contributed by atoms with Crippen molar-refractivity contribution < 1.29 is 9.72 Å². The highest BCUT2D eigenvalue weighted by Crippen LogP contribution is 2.31. The molecule has 0 bridgehead atoms. The minimum atomic E-state index is -0.433. The van der Waals surface area contributed by atoms with Crippen molar-refractivity contribution >= 4 is 22.9 Å². The second-order valence-corrected chi connectivity index (χ2v) is 7.24. The monoisotopic (exact) mass is 381 g/mol. The summed E-state index contributed by atoms with van der Waals surface area (Å²) in [6.45, 7) is 3.67. The highest BCUT2D eigenvalue weighted by atomic mass is 32.1. The predicted octanol–water partition coefficient (Wildman–Crippen LogP) is 4.86. The molecule has 1 amide bonds. The Kier molecular flexibility index (Phi) is 5.32. The Labute approximate surface area is 161 Å². The van der Waals surface area contributed by atoms with Gasteiger partial charge < -0.3 is 4.90 Å². The number of carbonyl (C=O) groups is 1. The van der Waals surface area contributed by atoms with E-state index in [1.807, 2.05) is 44.2 Å². The molecule has 0 spiro atoms. The Morgan fingerprint density at radius 3 is 2.56 bits per heavy atom. The van der Waals surface area contributed by atoms with E-state index in [0.717, 1.165) is 10.6 Å². The zero-order valence-electron chi connectivity index (χ0n) is 15.2. The van der Waals surface area contributed by atoms with Crippen molar-refractivity contribution in [2.45, 2.75) is 19.9 Å². The average Bonchev–Trinajstić information content (AvgIpc) is 3.08. The summed E-state index contributed by atoms with van der Waals surface area (Å²) in [5.41, 5.74) is 2.38. The number of carbonyl (C=O) groups excluding carboxylic acids is 1. The molecule has 0 saturated carbocycles. The number of aromatic nitrogens is 1. The molecule has 27 heavy (non-hydrogen) atoms. The molecule has 0 aliphatic heterocycles. The molecule has 6 nitrogen and oxygen atoms in total. The zero-order chi connectivity index (χ0) is 19.6. The largest absolute Gasteiger partial charge is 0.334 e. The second kappa shape index (κ2) is 7.67. The lowest BCUT2D eigenvalue weighted by Crippen LogP contribution is -2.29. The maximum Gasteiger partial charge on any atom is 0.269 e. The number of thiazole rings is 1. The Morgan fingerprint density at radius 2 is 1.89 bits per heavy atom. The highest BCUT2D eigenvalue weighted by molar-refractivity contribution is 7.17. The normalized spacial score (nSPS) is 11.8. The molecule has 0 fully saturated rings. The Bertz CT molecular complexity index is 985. The van der Waals surface area contributed by atoms with Crippen molar-refractivity contribution in [2.75, 3.05) is 7.05 Å². The number of nitrogens with zero attached hydrogens (tertiary/aromatic N) is 3. The smallest absolute Gasteiger partial charge is 0.269 e. The molecule has 3 rings (SSSR count). The summed E-state index contributed by atoms with van der Waals surface area (Å²) in [7, 11) is 1.70. The lowest BCUT2D eigenvalue weighted by atomic mass is 10.1. The second-order valence-electron chi connectivity index (χ2n) is 6.24. The lowest BCUT2D eigenvalue weighted by Gasteiger charge is -2.25. The number of hydrogen-bond donors (Lipinski definition) is 0. The summed E-state index contributed by atoms with van der Waals surface area (Å²) in [5.74, 6) is -0.147. The van der Waals surface area contributed by atoms with Crippen molar-refractivity contribution in [3.63, 3.8) is 0 Å². The van der Waals surface area contributed by atoms with Crippen LogP contribution >= 0.6 is 11.3 Å². The van der Waals surface area contributed by atoms with Crippen molar-refractivity contribution in [2.24, 2.45) is 0 Å². The van der Waals surface area contributed by atoms with E-state index in [9.17, 15) is 14.9 Å². The lowest BCUT2D eigenvalue weighted by molar-refractivity contribution is -0.384. The fraction of sp³-hybridized carbons (Fsp3) is 0.200.